The number of hydrogen-bond acceptors (Lipinski definition) is 7. The molecule has 9 heteroatoms. The predicted molar refractivity (Wildman–Crippen MR) is 101 cm³/mol. The molecule has 1 saturated heterocycles. The fourth-order valence-electron chi connectivity index (χ4n) is 2.72. The van der Waals surface area contributed by atoms with Crippen LogP contribution >= 0.6 is 23.1 Å². The van der Waals surface area contributed by atoms with Crippen molar-refractivity contribution >= 4 is 34.1 Å². The van der Waals surface area contributed by atoms with E-state index in [1.54, 1.807) is 12.1 Å². The van der Waals surface area contributed by atoms with Crippen molar-refractivity contribution in [2.24, 2.45) is 0 Å². The second kappa shape index (κ2) is 8.79. The minimum absolute atomic E-state index is 0.0662. The molecule has 3 rings (SSSR count). The summed E-state index contributed by atoms with van der Waals surface area (Å²) in [5.74, 6) is 0.177. The Balaban J connectivity index is 1.46. The molecule has 2 unspecified atom stereocenters. The average Bonchev–Trinajstić information content (AvgIpc) is 3.06. The van der Waals surface area contributed by atoms with Crippen LogP contribution in [-0.2, 0) is 16.1 Å². The number of hydrogen-bond donors (Lipinski definition) is 1. The Morgan fingerprint density at radius 1 is 1.31 bits per heavy atom. The monoisotopic (exact) mass is 396 g/mol. The van der Waals surface area contributed by atoms with E-state index in [0.717, 1.165) is 9.90 Å². The van der Waals surface area contributed by atoms with Crippen LogP contribution in [0.5, 0.6) is 0 Å². The fraction of sp³-hybridized carbons (Fsp3) is 0.471. The van der Waals surface area contributed by atoms with Crippen molar-refractivity contribution in [2.45, 2.75) is 36.9 Å². The summed E-state index contributed by atoms with van der Waals surface area (Å²) in [7, 11) is 0. The third-order valence-electron chi connectivity index (χ3n) is 3.85. The number of carbonyl (C=O) groups is 1. The first kappa shape index (κ1) is 19.1. The summed E-state index contributed by atoms with van der Waals surface area (Å²) in [4.78, 5) is 14.2. The summed E-state index contributed by atoms with van der Waals surface area (Å²) < 4.78 is 19.3. The van der Waals surface area contributed by atoms with Gasteiger partial charge in [-0.05, 0) is 31.5 Å². The number of morpholine rings is 1. The summed E-state index contributed by atoms with van der Waals surface area (Å²) in [5, 5.41) is 12.0. The number of benzene rings is 1. The Labute approximate surface area is 160 Å². The Morgan fingerprint density at radius 2 is 2.00 bits per heavy atom. The molecule has 2 atom stereocenters. The summed E-state index contributed by atoms with van der Waals surface area (Å²) in [6.07, 6.45) is 0.132. The van der Waals surface area contributed by atoms with Gasteiger partial charge in [0, 0.05) is 19.6 Å². The van der Waals surface area contributed by atoms with Gasteiger partial charge in [-0.3, -0.25) is 4.79 Å². The smallest absolute Gasteiger partial charge is 0.233 e. The standard InChI is InChI=1S/C17H21FN4O2S2/c1-11-8-22(9-12(2)24-11)15(23)10-25-17-21-20-16(26-17)19-7-13-3-5-14(18)6-4-13/h3-6,11-12H,7-10H2,1-2H3,(H,19,20). The third-order valence-corrected chi connectivity index (χ3v) is 5.85. The van der Waals surface area contributed by atoms with Crippen molar-refractivity contribution in [1.82, 2.24) is 15.1 Å². The molecule has 26 heavy (non-hydrogen) atoms. The molecule has 0 radical (unpaired) electrons. The zero-order valence-electron chi connectivity index (χ0n) is 14.6. The van der Waals surface area contributed by atoms with Crippen LogP contribution in [0.2, 0.25) is 0 Å². The zero-order valence-corrected chi connectivity index (χ0v) is 16.3. The van der Waals surface area contributed by atoms with Crippen LogP contribution in [0.25, 0.3) is 0 Å². The Kier molecular flexibility index (Phi) is 6.44. The number of rotatable bonds is 6. The van der Waals surface area contributed by atoms with Crippen LogP contribution in [0.3, 0.4) is 0 Å². The van der Waals surface area contributed by atoms with E-state index < -0.39 is 0 Å². The molecule has 0 saturated carbocycles. The predicted octanol–water partition coefficient (Wildman–Crippen LogP) is 3.02. The average molecular weight is 397 g/mol. The van der Waals surface area contributed by atoms with E-state index in [4.69, 9.17) is 4.74 Å². The minimum Gasteiger partial charge on any atom is -0.372 e. The molecule has 6 nitrogen and oxygen atoms in total. The topological polar surface area (TPSA) is 67.4 Å². The van der Waals surface area contributed by atoms with Crippen molar-refractivity contribution in [2.75, 3.05) is 24.2 Å². The van der Waals surface area contributed by atoms with Gasteiger partial charge in [0.05, 0.1) is 18.0 Å². The first-order valence-electron chi connectivity index (χ1n) is 8.37. The Hall–Kier alpha value is -1.71. The lowest BCUT2D eigenvalue weighted by molar-refractivity contribution is -0.140. The molecule has 1 N–H and O–H groups in total. The first-order valence-corrected chi connectivity index (χ1v) is 10.2. The molecule has 1 aliphatic rings. The number of halogens is 1. The van der Waals surface area contributed by atoms with Crippen molar-refractivity contribution < 1.29 is 13.9 Å². The molecule has 1 amide bonds. The highest BCUT2D eigenvalue weighted by Gasteiger charge is 2.25. The highest BCUT2D eigenvalue weighted by molar-refractivity contribution is 8.01. The molecular formula is C17H21FN4O2S2. The number of ether oxygens (including phenoxy) is 1. The van der Waals surface area contributed by atoms with Crippen molar-refractivity contribution in [3.63, 3.8) is 0 Å². The quantitative estimate of drug-likeness (QED) is 0.757. The lowest BCUT2D eigenvalue weighted by Gasteiger charge is -2.35. The van der Waals surface area contributed by atoms with E-state index in [-0.39, 0.29) is 23.9 Å². The molecule has 0 bridgehead atoms. The van der Waals surface area contributed by atoms with E-state index in [9.17, 15) is 9.18 Å². The summed E-state index contributed by atoms with van der Waals surface area (Å²) in [6, 6.07) is 6.30. The van der Waals surface area contributed by atoms with Gasteiger partial charge in [0.1, 0.15) is 5.82 Å². The molecule has 1 aliphatic heterocycles. The minimum atomic E-state index is -0.253. The summed E-state index contributed by atoms with van der Waals surface area (Å²) >= 11 is 2.80. The normalized spacial score (nSPS) is 20.2. The van der Waals surface area contributed by atoms with Crippen molar-refractivity contribution in [3.8, 4) is 0 Å². The van der Waals surface area contributed by atoms with Gasteiger partial charge in [0.2, 0.25) is 11.0 Å². The molecule has 1 fully saturated rings. The molecular weight excluding hydrogens is 375 g/mol. The number of carbonyl (C=O) groups excluding carboxylic acids is 1. The number of nitrogens with one attached hydrogen (secondary N) is 1. The molecule has 2 heterocycles. The van der Waals surface area contributed by atoms with Gasteiger partial charge >= 0.3 is 0 Å². The molecule has 2 aromatic rings. The largest absolute Gasteiger partial charge is 0.372 e. The number of thioether (sulfide) groups is 1. The molecule has 1 aromatic carbocycles. The molecule has 1 aromatic heterocycles. The van der Waals surface area contributed by atoms with E-state index in [2.05, 4.69) is 15.5 Å². The summed E-state index contributed by atoms with van der Waals surface area (Å²) in [6.45, 7) is 5.76. The number of amides is 1. The van der Waals surface area contributed by atoms with Gasteiger partial charge in [-0.15, -0.1) is 10.2 Å². The van der Waals surface area contributed by atoms with Gasteiger partial charge in [-0.1, -0.05) is 35.2 Å². The molecule has 0 spiro atoms. The van der Waals surface area contributed by atoms with Gasteiger partial charge < -0.3 is 15.0 Å². The number of aromatic nitrogens is 2. The van der Waals surface area contributed by atoms with Crippen molar-refractivity contribution in [3.05, 3.63) is 35.6 Å². The highest BCUT2D eigenvalue weighted by atomic mass is 32.2. The maximum atomic E-state index is 12.9. The highest BCUT2D eigenvalue weighted by Crippen LogP contribution is 2.26. The van der Waals surface area contributed by atoms with E-state index in [1.165, 1.54) is 35.2 Å². The van der Waals surface area contributed by atoms with Crippen LogP contribution in [0.4, 0.5) is 9.52 Å². The lowest BCUT2D eigenvalue weighted by atomic mass is 10.2. The van der Waals surface area contributed by atoms with Crippen LogP contribution in [0.1, 0.15) is 19.4 Å². The fourth-order valence-corrected chi connectivity index (χ4v) is 4.37. The molecule has 0 aliphatic carbocycles. The zero-order chi connectivity index (χ0) is 18.5. The first-order chi connectivity index (χ1) is 12.5. The van der Waals surface area contributed by atoms with Crippen molar-refractivity contribution in [1.29, 1.82) is 0 Å². The number of nitrogens with zero attached hydrogens (tertiary/aromatic N) is 3. The van der Waals surface area contributed by atoms with Gasteiger partial charge in [-0.25, -0.2) is 4.39 Å². The van der Waals surface area contributed by atoms with Gasteiger partial charge in [0.15, 0.2) is 4.34 Å². The number of anilines is 1. The van der Waals surface area contributed by atoms with E-state index in [1.807, 2.05) is 18.7 Å². The SMILES string of the molecule is CC1CN(C(=O)CSc2nnc(NCc3ccc(F)cc3)s2)CC(C)O1. The van der Waals surface area contributed by atoms with Gasteiger partial charge in [0.25, 0.3) is 0 Å². The van der Waals surface area contributed by atoms with Crippen LogP contribution in [0.15, 0.2) is 28.6 Å². The molecule has 140 valence electrons. The van der Waals surface area contributed by atoms with Crippen LogP contribution in [-0.4, -0.2) is 52.1 Å². The maximum Gasteiger partial charge on any atom is 0.233 e. The van der Waals surface area contributed by atoms with Crippen LogP contribution < -0.4 is 5.32 Å². The van der Waals surface area contributed by atoms with E-state index in [0.29, 0.717) is 30.5 Å². The Morgan fingerprint density at radius 3 is 2.69 bits per heavy atom. The Bertz CT molecular complexity index is 731. The second-order valence-corrected chi connectivity index (χ2v) is 8.40. The third kappa shape index (κ3) is 5.39. The van der Waals surface area contributed by atoms with Gasteiger partial charge in [-0.2, -0.15) is 0 Å². The van der Waals surface area contributed by atoms with Crippen LogP contribution in [0, 0.1) is 5.82 Å². The summed E-state index contributed by atoms with van der Waals surface area (Å²) in [5.41, 5.74) is 0.960. The maximum absolute atomic E-state index is 12.9. The van der Waals surface area contributed by atoms with E-state index >= 15 is 0 Å². The second-order valence-electron chi connectivity index (χ2n) is 6.20. The lowest BCUT2D eigenvalue weighted by Crippen LogP contribution is -2.48.